The number of thioether (sulfide) groups is 1. The number of rotatable bonds is 9. The normalized spacial score (nSPS) is 10.2. The van der Waals surface area contributed by atoms with Gasteiger partial charge >= 0.3 is 0 Å². The Morgan fingerprint density at radius 3 is 2.54 bits per heavy atom. The maximum Gasteiger partial charge on any atom is 0.220 e. The molecule has 24 heavy (non-hydrogen) atoms. The Bertz CT molecular complexity index is 649. The molecule has 0 unspecified atom stereocenters. The first-order chi connectivity index (χ1) is 11.7. The minimum Gasteiger partial charge on any atom is -0.497 e. The Kier molecular flexibility index (Phi) is 7.42. The van der Waals surface area contributed by atoms with E-state index in [1.165, 1.54) is 17.8 Å². The highest BCUT2D eigenvalue weighted by atomic mass is 32.2. The van der Waals surface area contributed by atoms with Crippen LogP contribution in [0.5, 0.6) is 11.5 Å². The molecular weight excluding hydrogens is 329 g/mol. The number of carbonyl (C=O) groups is 1. The Labute approximate surface area is 145 Å². The molecule has 0 radical (unpaired) electrons. The highest BCUT2D eigenvalue weighted by Crippen LogP contribution is 2.21. The lowest BCUT2D eigenvalue weighted by Gasteiger charge is -2.08. The van der Waals surface area contributed by atoms with Gasteiger partial charge < -0.3 is 14.8 Å². The van der Waals surface area contributed by atoms with Gasteiger partial charge in [0.1, 0.15) is 23.9 Å². The van der Waals surface area contributed by atoms with Gasteiger partial charge in [0.05, 0.1) is 13.7 Å². The third kappa shape index (κ3) is 6.12. The van der Waals surface area contributed by atoms with E-state index in [1.807, 2.05) is 24.3 Å². The van der Waals surface area contributed by atoms with Crippen LogP contribution in [0.3, 0.4) is 0 Å². The first kappa shape index (κ1) is 18.1. The lowest BCUT2D eigenvalue weighted by molar-refractivity contribution is -0.120. The van der Waals surface area contributed by atoms with E-state index in [1.54, 1.807) is 25.3 Å². The Morgan fingerprint density at radius 2 is 1.83 bits per heavy atom. The van der Waals surface area contributed by atoms with Gasteiger partial charge in [0.15, 0.2) is 0 Å². The number of benzene rings is 2. The van der Waals surface area contributed by atoms with Gasteiger partial charge in [-0.2, -0.15) is 0 Å². The topological polar surface area (TPSA) is 47.6 Å². The highest BCUT2D eigenvalue weighted by Gasteiger charge is 2.04. The van der Waals surface area contributed by atoms with E-state index < -0.39 is 0 Å². The van der Waals surface area contributed by atoms with Gasteiger partial charge in [-0.1, -0.05) is 12.1 Å². The predicted octanol–water partition coefficient (Wildman–Crippen LogP) is 3.51. The third-order valence-corrected chi connectivity index (χ3v) is 4.23. The number of hydrogen-bond acceptors (Lipinski definition) is 4. The van der Waals surface area contributed by atoms with Crippen LogP contribution in [0.25, 0.3) is 0 Å². The molecule has 0 saturated carbocycles. The molecule has 6 heteroatoms. The van der Waals surface area contributed by atoms with Crippen LogP contribution in [0.15, 0.2) is 53.4 Å². The zero-order valence-corrected chi connectivity index (χ0v) is 14.3. The monoisotopic (exact) mass is 349 g/mol. The molecule has 2 aromatic carbocycles. The van der Waals surface area contributed by atoms with Crippen LogP contribution in [0.4, 0.5) is 4.39 Å². The molecule has 0 saturated heterocycles. The van der Waals surface area contributed by atoms with Crippen LogP contribution < -0.4 is 14.8 Å². The standard InChI is InChI=1S/C18H20FNO3S/c1-22-14-6-8-15(9-7-14)23-12-11-20-18(21)10-13-24-17-5-3-2-4-16(17)19/h2-9H,10-13H2,1H3,(H,20,21). The fourth-order valence-electron chi connectivity index (χ4n) is 1.94. The van der Waals surface area contributed by atoms with Crippen molar-refractivity contribution in [2.75, 3.05) is 26.0 Å². The van der Waals surface area contributed by atoms with Crippen LogP contribution in [-0.2, 0) is 4.79 Å². The zero-order chi connectivity index (χ0) is 17.2. The van der Waals surface area contributed by atoms with Crippen molar-refractivity contribution in [3.05, 3.63) is 54.3 Å². The fraction of sp³-hybridized carbons (Fsp3) is 0.278. The summed E-state index contributed by atoms with van der Waals surface area (Å²) in [5.41, 5.74) is 0. The van der Waals surface area contributed by atoms with Gasteiger partial charge in [0.25, 0.3) is 0 Å². The van der Waals surface area contributed by atoms with E-state index in [2.05, 4.69) is 5.32 Å². The summed E-state index contributed by atoms with van der Waals surface area (Å²) in [6.45, 7) is 0.813. The molecule has 0 spiro atoms. The summed E-state index contributed by atoms with van der Waals surface area (Å²) in [5.74, 6) is 1.70. The molecule has 0 aliphatic carbocycles. The van der Waals surface area contributed by atoms with Crippen molar-refractivity contribution in [3.63, 3.8) is 0 Å². The summed E-state index contributed by atoms with van der Waals surface area (Å²) in [4.78, 5) is 12.3. The Balaban J connectivity index is 1.58. The van der Waals surface area contributed by atoms with Gasteiger partial charge in [-0.25, -0.2) is 4.39 Å². The van der Waals surface area contributed by atoms with Crippen molar-refractivity contribution in [2.45, 2.75) is 11.3 Å². The third-order valence-electron chi connectivity index (χ3n) is 3.18. The number of methoxy groups -OCH3 is 1. The quantitative estimate of drug-likeness (QED) is 0.556. The van der Waals surface area contributed by atoms with Crippen LogP contribution in [0.1, 0.15) is 6.42 Å². The highest BCUT2D eigenvalue weighted by molar-refractivity contribution is 7.99. The van der Waals surface area contributed by atoms with Crippen molar-refractivity contribution in [2.24, 2.45) is 0 Å². The molecule has 1 N–H and O–H groups in total. The van der Waals surface area contributed by atoms with Gasteiger partial charge in [0.2, 0.25) is 5.91 Å². The number of hydrogen-bond donors (Lipinski definition) is 1. The van der Waals surface area contributed by atoms with Gasteiger partial charge in [0, 0.05) is 17.1 Å². The van der Waals surface area contributed by atoms with E-state index >= 15 is 0 Å². The van der Waals surface area contributed by atoms with E-state index in [9.17, 15) is 9.18 Å². The zero-order valence-electron chi connectivity index (χ0n) is 13.5. The minimum absolute atomic E-state index is 0.0721. The number of amides is 1. The summed E-state index contributed by atoms with van der Waals surface area (Å²) < 4.78 is 24.0. The summed E-state index contributed by atoms with van der Waals surface area (Å²) in [6, 6.07) is 13.8. The minimum atomic E-state index is -0.254. The molecule has 0 aromatic heterocycles. The maximum absolute atomic E-state index is 13.4. The summed E-state index contributed by atoms with van der Waals surface area (Å²) in [6.07, 6.45) is 0.335. The van der Waals surface area contributed by atoms with Crippen molar-refractivity contribution in [1.29, 1.82) is 0 Å². The number of ether oxygens (including phenoxy) is 2. The average Bonchev–Trinajstić information content (AvgIpc) is 2.61. The van der Waals surface area contributed by atoms with E-state index in [0.29, 0.717) is 30.2 Å². The average molecular weight is 349 g/mol. The van der Waals surface area contributed by atoms with Crippen molar-refractivity contribution in [1.82, 2.24) is 5.32 Å². The van der Waals surface area contributed by atoms with Crippen molar-refractivity contribution in [3.8, 4) is 11.5 Å². The van der Waals surface area contributed by atoms with Crippen molar-refractivity contribution >= 4 is 17.7 Å². The second kappa shape index (κ2) is 9.82. The molecule has 1 amide bonds. The first-order valence-electron chi connectivity index (χ1n) is 7.60. The van der Waals surface area contributed by atoms with Crippen LogP contribution in [0, 0.1) is 5.82 Å². The fourth-order valence-corrected chi connectivity index (χ4v) is 2.82. The van der Waals surface area contributed by atoms with Crippen LogP contribution in [0.2, 0.25) is 0 Å². The largest absolute Gasteiger partial charge is 0.497 e. The number of nitrogens with one attached hydrogen (secondary N) is 1. The molecule has 0 aliphatic heterocycles. The maximum atomic E-state index is 13.4. The van der Waals surface area contributed by atoms with Gasteiger partial charge in [-0.05, 0) is 36.4 Å². The molecular formula is C18H20FNO3S. The molecule has 0 atom stereocenters. The Hall–Kier alpha value is -2.21. The van der Waals surface area contributed by atoms with Crippen molar-refractivity contribution < 1.29 is 18.7 Å². The van der Waals surface area contributed by atoms with Gasteiger partial charge in [-0.15, -0.1) is 11.8 Å². The molecule has 2 rings (SSSR count). The number of halogens is 1. The van der Waals surface area contributed by atoms with E-state index in [0.717, 1.165) is 11.5 Å². The lowest BCUT2D eigenvalue weighted by Crippen LogP contribution is -2.28. The molecule has 2 aromatic rings. The molecule has 0 aliphatic rings. The summed E-state index contributed by atoms with van der Waals surface area (Å²) in [5, 5.41) is 2.78. The Morgan fingerprint density at radius 1 is 1.12 bits per heavy atom. The SMILES string of the molecule is COc1ccc(OCCNC(=O)CCSc2ccccc2F)cc1. The first-order valence-corrected chi connectivity index (χ1v) is 8.58. The molecule has 0 heterocycles. The second-order valence-electron chi connectivity index (χ2n) is 4.90. The summed E-state index contributed by atoms with van der Waals surface area (Å²) >= 11 is 1.34. The van der Waals surface area contributed by atoms with E-state index in [-0.39, 0.29) is 11.7 Å². The summed E-state index contributed by atoms with van der Waals surface area (Å²) in [7, 11) is 1.61. The van der Waals surface area contributed by atoms with Gasteiger partial charge in [-0.3, -0.25) is 4.79 Å². The second-order valence-corrected chi connectivity index (χ2v) is 6.04. The molecule has 128 valence electrons. The molecule has 0 bridgehead atoms. The predicted molar refractivity (Wildman–Crippen MR) is 93.2 cm³/mol. The smallest absolute Gasteiger partial charge is 0.220 e. The van der Waals surface area contributed by atoms with E-state index in [4.69, 9.17) is 9.47 Å². The van der Waals surface area contributed by atoms with Crippen LogP contribution >= 0.6 is 11.8 Å². The lowest BCUT2D eigenvalue weighted by atomic mass is 10.3. The number of carbonyl (C=O) groups excluding carboxylic acids is 1. The van der Waals surface area contributed by atoms with Crippen LogP contribution in [-0.4, -0.2) is 31.9 Å². The molecule has 4 nitrogen and oxygen atoms in total. The molecule has 0 fully saturated rings.